The van der Waals surface area contributed by atoms with Crippen molar-refractivity contribution in [3.63, 3.8) is 0 Å². The Balaban J connectivity index is 1.42. The van der Waals surface area contributed by atoms with Gasteiger partial charge in [0, 0.05) is 0 Å². The van der Waals surface area contributed by atoms with Crippen LogP contribution in [-0.4, -0.2) is 25.9 Å². The lowest BCUT2D eigenvalue weighted by Crippen LogP contribution is -2.32. The van der Waals surface area contributed by atoms with E-state index in [1.807, 2.05) is 13.8 Å². The molecule has 2 unspecified atom stereocenters. The molecule has 1 aliphatic heterocycles. The smallest absolute Gasteiger partial charge is 0.204 e. The summed E-state index contributed by atoms with van der Waals surface area (Å²) < 4.78 is 45.5. The summed E-state index contributed by atoms with van der Waals surface area (Å²) in [5.74, 6) is -0.215. The largest absolute Gasteiger partial charge is 0.490 e. The molecule has 1 saturated heterocycles. The molecule has 1 saturated carbocycles. The highest BCUT2D eigenvalue weighted by atomic mass is 19.2. The van der Waals surface area contributed by atoms with Gasteiger partial charge in [-0.3, -0.25) is 0 Å². The van der Waals surface area contributed by atoms with E-state index in [1.54, 1.807) is 0 Å². The molecule has 30 heavy (non-hydrogen) atoms. The molecule has 2 fully saturated rings. The van der Waals surface area contributed by atoms with Crippen LogP contribution >= 0.6 is 0 Å². The molecule has 1 aliphatic carbocycles. The Morgan fingerprint density at radius 1 is 0.967 bits per heavy atom. The molecule has 0 bridgehead atoms. The van der Waals surface area contributed by atoms with Gasteiger partial charge in [0.15, 0.2) is 11.5 Å². The standard InChI is InChI=1S/C25H36F2O3/c1-3-5-15-28-22-13-14-23(25(27)24(22)26)30-16-18-7-9-19(10-8-18)20-11-12-21(6-4-2)29-17-20/h4,6,13-14,18-21H,3,5,7-12,15-17H2,1-2H3. The Kier molecular flexibility index (Phi) is 8.98. The van der Waals surface area contributed by atoms with E-state index < -0.39 is 11.6 Å². The zero-order valence-corrected chi connectivity index (χ0v) is 18.4. The third-order valence-electron chi connectivity index (χ3n) is 6.55. The molecule has 5 heteroatoms. The maximum Gasteiger partial charge on any atom is 0.204 e. The van der Waals surface area contributed by atoms with Crippen molar-refractivity contribution in [2.45, 2.75) is 71.3 Å². The zero-order chi connectivity index (χ0) is 21.3. The molecule has 0 spiro atoms. The molecule has 1 aromatic rings. The molecular formula is C25H36F2O3. The third-order valence-corrected chi connectivity index (χ3v) is 6.55. The van der Waals surface area contributed by atoms with Crippen LogP contribution in [0.2, 0.25) is 0 Å². The zero-order valence-electron chi connectivity index (χ0n) is 18.4. The highest BCUT2D eigenvalue weighted by Crippen LogP contribution is 2.38. The maximum absolute atomic E-state index is 14.3. The molecular weight excluding hydrogens is 386 g/mol. The Morgan fingerprint density at radius 3 is 2.23 bits per heavy atom. The monoisotopic (exact) mass is 422 g/mol. The van der Waals surface area contributed by atoms with Crippen molar-refractivity contribution < 1.29 is 23.0 Å². The van der Waals surface area contributed by atoms with Gasteiger partial charge in [-0.2, -0.15) is 8.78 Å². The van der Waals surface area contributed by atoms with Crippen LogP contribution in [0.15, 0.2) is 24.3 Å². The summed E-state index contributed by atoms with van der Waals surface area (Å²) in [5, 5.41) is 0. The van der Waals surface area contributed by atoms with Crippen molar-refractivity contribution in [1.82, 2.24) is 0 Å². The molecule has 1 aromatic carbocycles. The van der Waals surface area contributed by atoms with E-state index in [2.05, 4.69) is 12.2 Å². The van der Waals surface area contributed by atoms with Crippen molar-refractivity contribution >= 4 is 0 Å². The fraction of sp³-hybridized carbons (Fsp3) is 0.680. The Bertz CT molecular complexity index is 675. The van der Waals surface area contributed by atoms with Gasteiger partial charge in [-0.15, -0.1) is 0 Å². The summed E-state index contributed by atoms with van der Waals surface area (Å²) in [6, 6.07) is 2.94. The fourth-order valence-electron chi connectivity index (χ4n) is 4.63. The minimum absolute atomic E-state index is 0.0202. The lowest BCUT2D eigenvalue weighted by atomic mass is 9.74. The van der Waals surface area contributed by atoms with Crippen LogP contribution in [0.1, 0.15) is 65.2 Å². The highest BCUT2D eigenvalue weighted by Gasteiger charge is 2.31. The van der Waals surface area contributed by atoms with E-state index >= 15 is 0 Å². The van der Waals surface area contributed by atoms with Gasteiger partial charge in [0.1, 0.15) is 0 Å². The van der Waals surface area contributed by atoms with Crippen LogP contribution in [-0.2, 0) is 4.74 Å². The van der Waals surface area contributed by atoms with Gasteiger partial charge < -0.3 is 14.2 Å². The Labute approximate surface area is 179 Å². The van der Waals surface area contributed by atoms with Gasteiger partial charge in [0.2, 0.25) is 11.6 Å². The second kappa shape index (κ2) is 11.7. The summed E-state index contributed by atoms with van der Waals surface area (Å²) in [7, 11) is 0. The minimum Gasteiger partial charge on any atom is -0.490 e. The minimum atomic E-state index is -0.958. The van der Waals surface area contributed by atoms with Crippen LogP contribution in [0, 0.1) is 29.4 Å². The second-order valence-corrected chi connectivity index (χ2v) is 8.72. The summed E-state index contributed by atoms with van der Waals surface area (Å²) in [4.78, 5) is 0. The Hall–Kier alpha value is -1.62. The first-order valence-corrected chi connectivity index (χ1v) is 11.6. The quantitative estimate of drug-likeness (QED) is 0.327. The number of halogens is 2. The first kappa shape index (κ1) is 23.1. The van der Waals surface area contributed by atoms with Crippen LogP contribution in [0.4, 0.5) is 8.78 Å². The van der Waals surface area contributed by atoms with Gasteiger partial charge in [-0.1, -0.05) is 25.5 Å². The summed E-state index contributed by atoms with van der Waals surface area (Å²) in [5.41, 5.74) is 0. The SMILES string of the molecule is CC=CC1CCC(C2CCC(COc3ccc(OCCCC)c(F)c3F)CC2)CO1. The van der Waals surface area contributed by atoms with E-state index in [0.717, 1.165) is 51.6 Å². The average molecular weight is 423 g/mol. The first-order chi connectivity index (χ1) is 14.6. The average Bonchev–Trinajstić information content (AvgIpc) is 2.77. The number of hydrogen-bond acceptors (Lipinski definition) is 3. The molecule has 3 nitrogen and oxygen atoms in total. The third kappa shape index (κ3) is 6.19. The number of benzene rings is 1. The van der Waals surface area contributed by atoms with Crippen LogP contribution < -0.4 is 9.47 Å². The molecule has 0 radical (unpaired) electrons. The van der Waals surface area contributed by atoms with Gasteiger partial charge in [0.25, 0.3) is 0 Å². The highest BCUT2D eigenvalue weighted by molar-refractivity contribution is 5.35. The molecule has 3 rings (SSSR count). The van der Waals surface area contributed by atoms with E-state index in [0.29, 0.717) is 31.0 Å². The van der Waals surface area contributed by atoms with Gasteiger partial charge in [-0.25, -0.2) is 0 Å². The predicted octanol–water partition coefficient (Wildman–Crippen LogP) is 6.70. The summed E-state index contributed by atoms with van der Waals surface area (Å²) in [6.07, 6.45) is 13.1. The van der Waals surface area contributed by atoms with Crippen molar-refractivity contribution in [2.75, 3.05) is 19.8 Å². The second-order valence-electron chi connectivity index (χ2n) is 8.72. The van der Waals surface area contributed by atoms with Gasteiger partial charge >= 0.3 is 0 Å². The lowest BCUT2D eigenvalue weighted by Gasteiger charge is -2.37. The molecule has 0 amide bonds. The number of unbranched alkanes of at least 4 members (excludes halogenated alkanes) is 1. The lowest BCUT2D eigenvalue weighted by molar-refractivity contribution is -0.0178. The van der Waals surface area contributed by atoms with E-state index in [4.69, 9.17) is 14.2 Å². The van der Waals surface area contributed by atoms with Crippen LogP contribution in [0.3, 0.4) is 0 Å². The van der Waals surface area contributed by atoms with Gasteiger partial charge in [-0.05, 0) is 81.8 Å². The normalized spacial score (nSPS) is 27.3. The molecule has 0 aromatic heterocycles. The molecule has 1 heterocycles. The number of allylic oxidation sites excluding steroid dienone is 1. The number of hydrogen-bond donors (Lipinski definition) is 0. The van der Waals surface area contributed by atoms with Crippen molar-refractivity contribution in [2.24, 2.45) is 17.8 Å². The maximum atomic E-state index is 14.3. The van der Waals surface area contributed by atoms with Crippen molar-refractivity contribution in [3.8, 4) is 11.5 Å². The molecule has 0 N–H and O–H groups in total. The van der Waals surface area contributed by atoms with Crippen molar-refractivity contribution in [1.29, 1.82) is 0 Å². The van der Waals surface area contributed by atoms with Crippen LogP contribution in [0.5, 0.6) is 11.5 Å². The Morgan fingerprint density at radius 2 is 1.63 bits per heavy atom. The van der Waals surface area contributed by atoms with Crippen molar-refractivity contribution in [3.05, 3.63) is 35.9 Å². The van der Waals surface area contributed by atoms with Crippen LogP contribution in [0.25, 0.3) is 0 Å². The molecule has 168 valence electrons. The van der Waals surface area contributed by atoms with E-state index in [1.165, 1.54) is 18.6 Å². The topological polar surface area (TPSA) is 27.7 Å². The molecule has 2 atom stereocenters. The molecule has 2 aliphatic rings. The van der Waals surface area contributed by atoms with E-state index in [9.17, 15) is 8.78 Å². The predicted molar refractivity (Wildman–Crippen MR) is 115 cm³/mol. The number of ether oxygens (including phenoxy) is 3. The first-order valence-electron chi connectivity index (χ1n) is 11.6. The summed E-state index contributed by atoms with van der Waals surface area (Å²) in [6.45, 7) is 5.74. The van der Waals surface area contributed by atoms with Gasteiger partial charge in [0.05, 0.1) is 25.9 Å². The number of rotatable bonds is 9. The summed E-state index contributed by atoms with van der Waals surface area (Å²) >= 11 is 0. The van der Waals surface area contributed by atoms with E-state index in [-0.39, 0.29) is 17.6 Å². The fourth-order valence-corrected chi connectivity index (χ4v) is 4.63.